The highest BCUT2D eigenvalue weighted by Crippen LogP contribution is 2.42. The number of fused-ring (bicyclic) bond motifs is 1. The first kappa shape index (κ1) is 10.9. The van der Waals surface area contributed by atoms with Crippen molar-refractivity contribution in [1.29, 1.82) is 0 Å². The number of benzene rings is 1. The average molecular weight is 232 g/mol. The Bertz CT molecular complexity index is 399. The number of hydrogen-bond donors (Lipinski definition) is 2. The van der Waals surface area contributed by atoms with Crippen LogP contribution >= 0.6 is 0 Å². The number of nitrogens with one attached hydrogen (secondary N) is 1. The molecule has 1 aromatic carbocycles. The Hall–Kier alpha value is -1.22. The number of rotatable bonds is 1. The van der Waals surface area contributed by atoms with E-state index >= 15 is 0 Å². The standard InChI is InChI=1S/C14H20N2O/c15-11-1-2-14-13(9-11)12(5-8-17-14)10-3-6-16-7-4-10/h1-2,9-10,12,16H,3-8,15H2. The van der Waals surface area contributed by atoms with Crippen LogP contribution in [0.4, 0.5) is 5.69 Å². The molecule has 92 valence electrons. The third kappa shape index (κ3) is 2.12. The Labute approximate surface area is 102 Å². The zero-order valence-corrected chi connectivity index (χ0v) is 10.1. The van der Waals surface area contributed by atoms with Gasteiger partial charge in [-0.3, -0.25) is 0 Å². The molecule has 0 radical (unpaired) electrons. The fourth-order valence-corrected chi connectivity index (χ4v) is 3.18. The van der Waals surface area contributed by atoms with E-state index in [0.29, 0.717) is 5.92 Å². The number of ether oxygens (including phenoxy) is 1. The summed E-state index contributed by atoms with van der Waals surface area (Å²) < 4.78 is 5.73. The number of anilines is 1. The quantitative estimate of drug-likeness (QED) is 0.729. The van der Waals surface area contributed by atoms with Crippen molar-refractivity contribution in [2.75, 3.05) is 25.4 Å². The minimum atomic E-state index is 0.643. The SMILES string of the molecule is Nc1ccc2c(c1)C(C1CCNCC1)CCO2. The second-order valence-corrected chi connectivity index (χ2v) is 5.13. The van der Waals surface area contributed by atoms with Gasteiger partial charge < -0.3 is 15.8 Å². The van der Waals surface area contributed by atoms with Crippen LogP contribution in [0.15, 0.2) is 18.2 Å². The molecule has 1 atom stereocenters. The van der Waals surface area contributed by atoms with Gasteiger partial charge in [0.25, 0.3) is 0 Å². The lowest BCUT2D eigenvalue weighted by atomic mass is 9.77. The average Bonchev–Trinajstić information content (AvgIpc) is 2.39. The van der Waals surface area contributed by atoms with E-state index in [1.54, 1.807) is 0 Å². The zero-order valence-electron chi connectivity index (χ0n) is 10.1. The highest BCUT2D eigenvalue weighted by molar-refractivity contribution is 5.50. The summed E-state index contributed by atoms with van der Waals surface area (Å²) in [4.78, 5) is 0. The van der Waals surface area contributed by atoms with Crippen LogP contribution < -0.4 is 15.8 Å². The zero-order chi connectivity index (χ0) is 11.7. The summed E-state index contributed by atoms with van der Waals surface area (Å²) in [5.74, 6) is 2.49. The van der Waals surface area contributed by atoms with E-state index in [2.05, 4.69) is 11.4 Å². The Balaban J connectivity index is 1.89. The Morgan fingerprint density at radius 2 is 2.00 bits per heavy atom. The van der Waals surface area contributed by atoms with Gasteiger partial charge in [0.2, 0.25) is 0 Å². The van der Waals surface area contributed by atoms with Gasteiger partial charge in [-0.1, -0.05) is 0 Å². The molecule has 0 bridgehead atoms. The fourth-order valence-electron chi connectivity index (χ4n) is 3.18. The summed E-state index contributed by atoms with van der Waals surface area (Å²) in [5, 5.41) is 3.43. The van der Waals surface area contributed by atoms with Crippen molar-refractivity contribution in [2.45, 2.75) is 25.2 Å². The molecule has 0 aliphatic carbocycles. The third-order valence-electron chi connectivity index (χ3n) is 4.07. The molecule has 1 aromatic rings. The highest BCUT2D eigenvalue weighted by Gasteiger charge is 2.29. The van der Waals surface area contributed by atoms with Gasteiger partial charge in [0.05, 0.1) is 6.61 Å². The molecule has 1 fully saturated rings. The van der Waals surface area contributed by atoms with Gasteiger partial charge in [0.15, 0.2) is 0 Å². The van der Waals surface area contributed by atoms with Crippen molar-refractivity contribution in [3.63, 3.8) is 0 Å². The topological polar surface area (TPSA) is 47.3 Å². The lowest BCUT2D eigenvalue weighted by Gasteiger charge is -2.35. The second-order valence-electron chi connectivity index (χ2n) is 5.13. The van der Waals surface area contributed by atoms with Crippen LogP contribution in [-0.2, 0) is 0 Å². The van der Waals surface area contributed by atoms with E-state index < -0.39 is 0 Å². The van der Waals surface area contributed by atoms with Crippen LogP contribution in [0.25, 0.3) is 0 Å². The van der Waals surface area contributed by atoms with Crippen LogP contribution in [0.1, 0.15) is 30.7 Å². The smallest absolute Gasteiger partial charge is 0.122 e. The molecular weight excluding hydrogens is 212 g/mol. The molecule has 2 aliphatic rings. The molecule has 3 nitrogen and oxygen atoms in total. The first-order valence-electron chi connectivity index (χ1n) is 6.57. The first-order chi connectivity index (χ1) is 8.34. The summed E-state index contributed by atoms with van der Waals surface area (Å²) in [6, 6.07) is 6.07. The number of nitrogens with two attached hydrogens (primary N) is 1. The van der Waals surface area contributed by atoms with Crippen molar-refractivity contribution in [2.24, 2.45) is 5.92 Å². The molecule has 0 spiro atoms. The largest absolute Gasteiger partial charge is 0.493 e. The van der Waals surface area contributed by atoms with Crippen LogP contribution in [-0.4, -0.2) is 19.7 Å². The van der Waals surface area contributed by atoms with Crippen LogP contribution in [0.3, 0.4) is 0 Å². The molecule has 0 aromatic heterocycles. The lowest BCUT2D eigenvalue weighted by Crippen LogP contribution is -2.32. The molecule has 2 heterocycles. The van der Waals surface area contributed by atoms with E-state index in [0.717, 1.165) is 43.5 Å². The summed E-state index contributed by atoms with van der Waals surface area (Å²) in [5.41, 5.74) is 8.10. The van der Waals surface area contributed by atoms with Gasteiger partial charge >= 0.3 is 0 Å². The summed E-state index contributed by atoms with van der Waals surface area (Å²) >= 11 is 0. The fraction of sp³-hybridized carbons (Fsp3) is 0.571. The van der Waals surface area contributed by atoms with Crippen molar-refractivity contribution in [3.05, 3.63) is 23.8 Å². The Morgan fingerprint density at radius 1 is 1.18 bits per heavy atom. The molecule has 0 saturated carbocycles. The van der Waals surface area contributed by atoms with E-state index in [1.165, 1.54) is 18.4 Å². The minimum absolute atomic E-state index is 0.643. The van der Waals surface area contributed by atoms with Crippen LogP contribution in [0.5, 0.6) is 5.75 Å². The van der Waals surface area contributed by atoms with Crippen LogP contribution in [0, 0.1) is 5.92 Å². The Kier molecular flexibility index (Phi) is 2.93. The van der Waals surface area contributed by atoms with E-state index in [-0.39, 0.29) is 0 Å². The van der Waals surface area contributed by atoms with Gasteiger partial charge in [0, 0.05) is 5.69 Å². The van der Waals surface area contributed by atoms with E-state index in [1.807, 2.05) is 12.1 Å². The maximum atomic E-state index is 5.91. The predicted octanol–water partition coefficient (Wildman–Crippen LogP) is 2.13. The molecule has 17 heavy (non-hydrogen) atoms. The monoisotopic (exact) mass is 232 g/mol. The number of nitrogen functional groups attached to an aromatic ring is 1. The van der Waals surface area contributed by atoms with Gasteiger partial charge in [-0.05, 0) is 68.0 Å². The van der Waals surface area contributed by atoms with Gasteiger partial charge in [0.1, 0.15) is 5.75 Å². The molecular formula is C14H20N2O. The van der Waals surface area contributed by atoms with Crippen molar-refractivity contribution in [3.8, 4) is 5.75 Å². The molecule has 1 saturated heterocycles. The third-order valence-corrected chi connectivity index (χ3v) is 4.07. The maximum absolute atomic E-state index is 5.91. The van der Waals surface area contributed by atoms with Gasteiger partial charge in [-0.25, -0.2) is 0 Å². The van der Waals surface area contributed by atoms with E-state index in [9.17, 15) is 0 Å². The molecule has 0 amide bonds. The maximum Gasteiger partial charge on any atom is 0.122 e. The first-order valence-corrected chi connectivity index (χ1v) is 6.57. The van der Waals surface area contributed by atoms with Crippen molar-refractivity contribution < 1.29 is 4.74 Å². The molecule has 3 heteroatoms. The highest BCUT2D eigenvalue weighted by atomic mass is 16.5. The summed E-state index contributed by atoms with van der Waals surface area (Å²) in [6.07, 6.45) is 3.69. The number of piperidine rings is 1. The molecule has 3 N–H and O–H groups in total. The van der Waals surface area contributed by atoms with Crippen molar-refractivity contribution in [1.82, 2.24) is 5.32 Å². The van der Waals surface area contributed by atoms with E-state index in [4.69, 9.17) is 10.5 Å². The van der Waals surface area contributed by atoms with Gasteiger partial charge in [-0.2, -0.15) is 0 Å². The second kappa shape index (κ2) is 4.57. The summed E-state index contributed by atoms with van der Waals surface area (Å²) in [7, 11) is 0. The number of hydrogen-bond acceptors (Lipinski definition) is 3. The normalized spacial score (nSPS) is 25.1. The Morgan fingerprint density at radius 3 is 2.82 bits per heavy atom. The minimum Gasteiger partial charge on any atom is -0.493 e. The molecule has 2 aliphatic heterocycles. The van der Waals surface area contributed by atoms with Gasteiger partial charge in [-0.15, -0.1) is 0 Å². The predicted molar refractivity (Wildman–Crippen MR) is 69.3 cm³/mol. The lowest BCUT2D eigenvalue weighted by molar-refractivity contribution is 0.216. The van der Waals surface area contributed by atoms with Crippen LogP contribution in [0.2, 0.25) is 0 Å². The van der Waals surface area contributed by atoms with Crippen molar-refractivity contribution >= 4 is 5.69 Å². The molecule has 1 unspecified atom stereocenters. The summed E-state index contributed by atoms with van der Waals surface area (Å²) in [6.45, 7) is 3.16. The molecule has 3 rings (SSSR count).